The molecule has 1 amide bonds. The van der Waals surface area contributed by atoms with Crippen LogP contribution in [0, 0.1) is 0 Å². The van der Waals surface area contributed by atoms with Gasteiger partial charge in [0, 0.05) is 5.69 Å². The molecule has 0 bridgehead atoms. The number of rotatable bonds is 3. The fourth-order valence-electron chi connectivity index (χ4n) is 1.99. The first-order chi connectivity index (χ1) is 11.3. The number of fused-ring (bicyclic) bond motifs is 1. The summed E-state index contributed by atoms with van der Waals surface area (Å²) in [6.07, 6.45) is 2.52. The first-order valence-electron chi connectivity index (χ1n) is 6.54. The van der Waals surface area contributed by atoms with Gasteiger partial charge in [-0.15, -0.1) is 3.89 Å². The topological polar surface area (TPSA) is 122 Å². The second kappa shape index (κ2) is 5.81. The molecule has 2 heterocycles. The lowest BCUT2D eigenvalue weighted by atomic mass is 10.2. The summed E-state index contributed by atoms with van der Waals surface area (Å²) in [5.41, 5.74) is 0.152. The molecule has 8 nitrogen and oxygen atoms in total. The largest absolute Gasteiger partial charge is 0.332 e. The van der Waals surface area contributed by atoms with Crippen molar-refractivity contribution in [2.24, 2.45) is 0 Å². The van der Waals surface area contributed by atoms with Crippen LogP contribution < -0.4 is 10.9 Å². The molecule has 0 saturated heterocycles. The van der Waals surface area contributed by atoms with E-state index in [1.807, 2.05) is 0 Å². The van der Waals surface area contributed by atoms with E-state index in [2.05, 4.69) is 20.3 Å². The number of benzene rings is 1. The molecule has 0 aliphatic rings. The highest BCUT2D eigenvalue weighted by Crippen LogP contribution is 2.16. The van der Waals surface area contributed by atoms with Crippen molar-refractivity contribution in [2.45, 2.75) is 4.90 Å². The van der Waals surface area contributed by atoms with Crippen LogP contribution >= 0.6 is 0 Å². The Morgan fingerprint density at radius 3 is 2.54 bits per heavy atom. The highest BCUT2D eigenvalue weighted by atomic mass is 32.3. The van der Waals surface area contributed by atoms with Crippen LogP contribution in [0.2, 0.25) is 0 Å². The maximum Gasteiger partial charge on any atom is 0.332 e. The van der Waals surface area contributed by atoms with Gasteiger partial charge in [0.25, 0.3) is 11.5 Å². The molecule has 122 valence electrons. The maximum absolute atomic E-state index is 12.8. The van der Waals surface area contributed by atoms with E-state index in [1.165, 1.54) is 30.7 Å². The fourth-order valence-corrected chi connectivity index (χ4v) is 2.45. The van der Waals surface area contributed by atoms with Crippen LogP contribution in [0.25, 0.3) is 10.9 Å². The van der Waals surface area contributed by atoms with Gasteiger partial charge in [-0.25, -0.2) is 9.97 Å². The predicted molar refractivity (Wildman–Crippen MR) is 82.8 cm³/mol. The molecule has 1 aromatic carbocycles. The van der Waals surface area contributed by atoms with Gasteiger partial charge in [-0.05, 0) is 30.3 Å². The first kappa shape index (κ1) is 15.7. The Balaban J connectivity index is 1.87. The second-order valence-corrected chi connectivity index (χ2v) is 6.08. The molecule has 0 fully saturated rings. The van der Waals surface area contributed by atoms with Gasteiger partial charge in [-0.3, -0.25) is 9.59 Å². The van der Waals surface area contributed by atoms with Gasteiger partial charge in [-0.1, -0.05) is 0 Å². The van der Waals surface area contributed by atoms with Gasteiger partial charge in [0.05, 0.1) is 28.3 Å². The number of halogens is 1. The smallest absolute Gasteiger partial charge is 0.321 e. The molecular formula is C14H9FN4O4S. The standard InChI is InChI=1S/C14H9FN4O4S/c15-24(22,23)9-3-1-8(2-4-9)19-14(21)11-5-10-12(6-16-11)17-7-18-13(10)20/h1-7H,(H,19,21)(H,17,18,20). The molecule has 2 N–H and O–H groups in total. The highest BCUT2D eigenvalue weighted by molar-refractivity contribution is 7.86. The van der Waals surface area contributed by atoms with Crippen molar-refractivity contribution >= 4 is 32.7 Å². The average molecular weight is 348 g/mol. The zero-order chi connectivity index (χ0) is 17.3. The molecule has 0 aliphatic carbocycles. The van der Waals surface area contributed by atoms with Crippen LogP contribution in [0.3, 0.4) is 0 Å². The summed E-state index contributed by atoms with van der Waals surface area (Å²) in [5.74, 6) is -0.615. The summed E-state index contributed by atoms with van der Waals surface area (Å²) < 4.78 is 34.3. The minimum Gasteiger partial charge on any atom is -0.321 e. The van der Waals surface area contributed by atoms with Gasteiger partial charge in [0.15, 0.2) is 0 Å². The molecule has 0 saturated carbocycles. The third-order valence-corrected chi connectivity index (χ3v) is 3.99. The molecule has 3 aromatic rings. The van der Waals surface area contributed by atoms with Crippen molar-refractivity contribution in [1.82, 2.24) is 15.0 Å². The number of amides is 1. The third-order valence-electron chi connectivity index (χ3n) is 3.15. The lowest BCUT2D eigenvalue weighted by Crippen LogP contribution is -2.15. The van der Waals surface area contributed by atoms with Crippen LogP contribution in [0.1, 0.15) is 10.5 Å². The zero-order valence-corrected chi connectivity index (χ0v) is 12.7. The maximum atomic E-state index is 12.8. The number of anilines is 1. The van der Waals surface area contributed by atoms with Gasteiger partial charge < -0.3 is 10.3 Å². The Morgan fingerprint density at radius 1 is 1.17 bits per heavy atom. The Labute approximate surface area is 134 Å². The van der Waals surface area contributed by atoms with E-state index in [0.29, 0.717) is 5.52 Å². The van der Waals surface area contributed by atoms with Crippen molar-refractivity contribution in [1.29, 1.82) is 0 Å². The summed E-state index contributed by atoms with van der Waals surface area (Å²) in [5, 5.41) is 2.67. The van der Waals surface area contributed by atoms with Crippen molar-refractivity contribution in [3.8, 4) is 0 Å². The van der Waals surface area contributed by atoms with E-state index in [9.17, 15) is 21.9 Å². The minimum absolute atomic E-state index is 0.0248. The van der Waals surface area contributed by atoms with Crippen molar-refractivity contribution in [3.63, 3.8) is 0 Å². The van der Waals surface area contributed by atoms with E-state index < -0.39 is 26.6 Å². The van der Waals surface area contributed by atoms with Crippen molar-refractivity contribution in [3.05, 3.63) is 58.9 Å². The number of pyridine rings is 1. The monoisotopic (exact) mass is 348 g/mol. The lowest BCUT2D eigenvalue weighted by Gasteiger charge is -2.05. The molecule has 0 unspecified atom stereocenters. The molecular weight excluding hydrogens is 339 g/mol. The fraction of sp³-hybridized carbons (Fsp3) is 0. The minimum atomic E-state index is -4.80. The number of nitrogens with zero attached hydrogens (tertiary/aromatic N) is 2. The van der Waals surface area contributed by atoms with E-state index in [-0.39, 0.29) is 16.8 Å². The van der Waals surface area contributed by atoms with Crippen LogP contribution in [0.4, 0.5) is 9.57 Å². The van der Waals surface area contributed by atoms with E-state index >= 15 is 0 Å². The Hall–Kier alpha value is -3.14. The summed E-state index contributed by atoms with van der Waals surface area (Å²) in [6, 6.07) is 5.80. The van der Waals surface area contributed by atoms with Crippen molar-refractivity contribution in [2.75, 3.05) is 5.32 Å². The number of aromatic amines is 1. The van der Waals surface area contributed by atoms with Gasteiger partial charge in [0.1, 0.15) is 5.69 Å². The molecule has 24 heavy (non-hydrogen) atoms. The Morgan fingerprint density at radius 2 is 1.88 bits per heavy atom. The number of carbonyl (C=O) groups is 1. The lowest BCUT2D eigenvalue weighted by molar-refractivity contribution is 0.102. The second-order valence-electron chi connectivity index (χ2n) is 4.73. The third kappa shape index (κ3) is 3.13. The Kier molecular flexibility index (Phi) is 3.81. The summed E-state index contributed by atoms with van der Waals surface area (Å²) in [7, 11) is -4.80. The quantitative estimate of drug-likeness (QED) is 0.687. The SMILES string of the molecule is O=C(Nc1ccc(S(=O)(=O)F)cc1)c1cc2c(=O)[nH]cnc2cn1. The number of carbonyl (C=O) groups excluding carboxylic acids is 1. The molecule has 0 spiro atoms. The summed E-state index contributed by atoms with van der Waals surface area (Å²) in [4.78, 5) is 33.6. The van der Waals surface area contributed by atoms with E-state index in [4.69, 9.17) is 0 Å². The van der Waals surface area contributed by atoms with Gasteiger partial charge in [0.2, 0.25) is 0 Å². The predicted octanol–water partition coefficient (Wildman–Crippen LogP) is 1.23. The van der Waals surface area contributed by atoms with Crippen LogP contribution in [-0.2, 0) is 10.2 Å². The number of H-pyrrole nitrogens is 1. The number of aromatic nitrogens is 3. The van der Waals surface area contributed by atoms with Crippen LogP contribution in [-0.4, -0.2) is 29.3 Å². The summed E-state index contributed by atoms with van der Waals surface area (Å²) >= 11 is 0. The molecule has 3 rings (SSSR count). The van der Waals surface area contributed by atoms with E-state index in [0.717, 1.165) is 12.1 Å². The first-order valence-corrected chi connectivity index (χ1v) is 7.92. The zero-order valence-electron chi connectivity index (χ0n) is 11.9. The summed E-state index contributed by atoms with van der Waals surface area (Å²) in [6.45, 7) is 0. The van der Waals surface area contributed by atoms with Crippen LogP contribution in [0.15, 0.2) is 52.5 Å². The normalized spacial score (nSPS) is 11.4. The van der Waals surface area contributed by atoms with Crippen molar-refractivity contribution < 1.29 is 17.1 Å². The molecule has 0 aliphatic heterocycles. The molecule has 10 heteroatoms. The van der Waals surface area contributed by atoms with Gasteiger partial charge >= 0.3 is 10.2 Å². The molecule has 2 aromatic heterocycles. The number of hydrogen-bond donors (Lipinski definition) is 2. The number of hydrogen-bond acceptors (Lipinski definition) is 6. The Bertz CT molecular complexity index is 1090. The average Bonchev–Trinajstić information content (AvgIpc) is 2.54. The van der Waals surface area contributed by atoms with E-state index in [1.54, 1.807) is 0 Å². The van der Waals surface area contributed by atoms with Crippen LogP contribution in [0.5, 0.6) is 0 Å². The highest BCUT2D eigenvalue weighted by Gasteiger charge is 2.13. The molecule has 0 atom stereocenters. The number of nitrogens with one attached hydrogen (secondary N) is 2. The molecule has 0 radical (unpaired) electrons. The van der Waals surface area contributed by atoms with Gasteiger partial charge in [-0.2, -0.15) is 8.42 Å².